The monoisotopic (exact) mass is 502 g/mol. The van der Waals surface area contributed by atoms with E-state index in [9.17, 15) is 18.0 Å². The average molecular weight is 503 g/mol. The van der Waals surface area contributed by atoms with Crippen molar-refractivity contribution < 1.29 is 22.7 Å². The number of aromatic nitrogens is 2. The van der Waals surface area contributed by atoms with E-state index in [-0.39, 0.29) is 19.2 Å². The van der Waals surface area contributed by atoms with Crippen LogP contribution in [-0.4, -0.2) is 38.7 Å². The lowest BCUT2D eigenvalue weighted by atomic mass is 9.97. The molecule has 2 atom stereocenters. The Bertz CT molecular complexity index is 1240. The van der Waals surface area contributed by atoms with Crippen LogP contribution in [0.25, 0.3) is 5.69 Å². The Balaban J connectivity index is 1.82. The number of aryl methyl sites for hydroxylation is 1. The number of nitrogens with zero attached hydrogens (tertiary/aromatic N) is 3. The maximum atomic E-state index is 13.4. The number of ether oxygens (including phenoxy) is 1. The standard InChI is InChI=1S/C25H25F3N4O2S/c1-4-34-21(33)14-31-23(22(30-24(31)35)20-10-5-6-11-29-20)19-12-15(2)32(16(19)3)18-9-7-8-17(13-18)25(26,27)28/h5-13,22-23H,4,14H2,1-3H3,(H,30,35). The minimum absolute atomic E-state index is 0.0686. The molecule has 1 saturated heterocycles. The summed E-state index contributed by atoms with van der Waals surface area (Å²) >= 11 is 5.58. The van der Waals surface area contributed by atoms with E-state index in [1.165, 1.54) is 6.07 Å². The zero-order valence-electron chi connectivity index (χ0n) is 19.5. The van der Waals surface area contributed by atoms with E-state index < -0.39 is 23.8 Å². The fourth-order valence-corrected chi connectivity index (χ4v) is 4.87. The number of esters is 1. The lowest BCUT2D eigenvalue weighted by Crippen LogP contribution is -2.35. The molecule has 10 heteroatoms. The van der Waals surface area contributed by atoms with E-state index in [1.807, 2.05) is 38.1 Å². The largest absolute Gasteiger partial charge is 0.465 e. The van der Waals surface area contributed by atoms with E-state index in [0.717, 1.165) is 34.8 Å². The van der Waals surface area contributed by atoms with Gasteiger partial charge in [0.1, 0.15) is 6.54 Å². The molecule has 6 nitrogen and oxygen atoms in total. The topological polar surface area (TPSA) is 59.4 Å². The number of hydrogen-bond acceptors (Lipinski definition) is 4. The van der Waals surface area contributed by atoms with Crippen LogP contribution in [0.15, 0.2) is 54.7 Å². The van der Waals surface area contributed by atoms with Crippen molar-refractivity contribution in [3.8, 4) is 5.69 Å². The highest BCUT2D eigenvalue weighted by Crippen LogP contribution is 2.41. The maximum absolute atomic E-state index is 13.4. The molecule has 0 bridgehead atoms. The van der Waals surface area contributed by atoms with Crippen LogP contribution in [0.2, 0.25) is 0 Å². The Kier molecular flexibility index (Phi) is 6.84. The first-order chi connectivity index (χ1) is 16.6. The Labute approximate surface area is 206 Å². The Morgan fingerprint density at radius 2 is 1.94 bits per heavy atom. The molecule has 4 rings (SSSR count). The quantitative estimate of drug-likeness (QED) is 0.376. The predicted octanol–water partition coefficient (Wildman–Crippen LogP) is 5.04. The lowest BCUT2D eigenvalue weighted by Gasteiger charge is -2.27. The van der Waals surface area contributed by atoms with Crippen molar-refractivity contribution in [3.05, 3.63) is 82.9 Å². The molecule has 0 amide bonds. The number of rotatable bonds is 6. The van der Waals surface area contributed by atoms with Crippen molar-refractivity contribution in [1.29, 1.82) is 0 Å². The van der Waals surface area contributed by atoms with Crippen LogP contribution in [0, 0.1) is 13.8 Å². The normalized spacial score (nSPS) is 18.0. The van der Waals surface area contributed by atoms with Gasteiger partial charge in [0, 0.05) is 23.3 Å². The zero-order chi connectivity index (χ0) is 25.3. The van der Waals surface area contributed by atoms with Crippen molar-refractivity contribution in [2.45, 2.75) is 39.0 Å². The molecule has 184 valence electrons. The summed E-state index contributed by atoms with van der Waals surface area (Å²) in [6.07, 6.45) is -2.77. The van der Waals surface area contributed by atoms with Crippen molar-refractivity contribution >= 4 is 23.3 Å². The number of halogens is 3. The van der Waals surface area contributed by atoms with Crippen LogP contribution in [-0.2, 0) is 15.7 Å². The number of carbonyl (C=O) groups is 1. The molecule has 0 saturated carbocycles. The zero-order valence-corrected chi connectivity index (χ0v) is 20.3. The van der Waals surface area contributed by atoms with Gasteiger partial charge in [0.25, 0.3) is 0 Å². The van der Waals surface area contributed by atoms with Gasteiger partial charge in [0.05, 0.1) is 29.9 Å². The smallest absolute Gasteiger partial charge is 0.416 e. The summed E-state index contributed by atoms with van der Waals surface area (Å²) in [5.74, 6) is -0.421. The molecule has 3 heterocycles. The fourth-order valence-electron chi connectivity index (χ4n) is 4.57. The Morgan fingerprint density at radius 1 is 1.17 bits per heavy atom. The minimum Gasteiger partial charge on any atom is -0.465 e. The third-order valence-electron chi connectivity index (χ3n) is 6.02. The van der Waals surface area contributed by atoms with Crippen molar-refractivity contribution in [3.63, 3.8) is 0 Å². The maximum Gasteiger partial charge on any atom is 0.416 e. The predicted molar refractivity (Wildman–Crippen MR) is 129 cm³/mol. The van der Waals surface area contributed by atoms with E-state index in [2.05, 4.69) is 10.3 Å². The lowest BCUT2D eigenvalue weighted by molar-refractivity contribution is -0.143. The summed E-state index contributed by atoms with van der Waals surface area (Å²) in [5, 5.41) is 3.65. The molecule has 0 radical (unpaired) electrons. The van der Waals surface area contributed by atoms with E-state index in [4.69, 9.17) is 17.0 Å². The van der Waals surface area contributed by atoms with Gasteiger partial charge in [-0.05, 0) is 75.0 Å². The van der Waals surface area contributed by atoms with Crippen LogP contribution >= 0.6 is 12.2 Å². The van der Waals surface area contributed by atoms with Crippen LogP contribution in [0.4, 0.5) is 13.2 Å². The minimum atomic E-state index is -4.45. The molecule has 0 spiro atoms. The van der Waals surface area contributed by atoms with Gasteiger partial charge < -0.3 is 19.5 Å². The first-order valence-corrected chi connectivity index (χ1v) is 11.5. The van der Waals surface area contributed by atoms with Gasteiger partial charge in [-0.15, -0.1) is 0 Å². The van der Waals surface area contributed by atoms with Gasteiger partial charge in [0.15, 0.2) is 5.11 Å². The van der Waals surface area contributed by atoms with Crippen molar-refractivity contribution in [2.75, 3.05) is 13.2 Å². The number of nitrogens with one attached hydrogen (secondary N) is 1. The molecule has 1 N–H and O–H groups in total. The molecule has 2 aromatic heterocycles. The summed E-state index contributed by atoms with van der Waals surface area (Å²) in [6, 6.07) is 11.9. The Morgan fingerprint density at radius 3 is 2.60 bits per heavy atom. The van der Waals surface area contributed by atoms with Crippen molar-refractivity contribution in [1.82, 2.24) is 19.8 Å². The summed E-state index contributed by atoms with van der Waals surface area (Å²) in [7, 11) is 0. The Hall–Kier alpha value is -3.40. The van der Waals surface area contributed by atoms with Gasteiger partial charge in [-0.3, -0.25) is 9.78 Å². The highest BCUT2D eigenvalue weighted by atomic mass is 32.1. The average Bonchev–Trinajstić information content (AvgIpc) is 3.29. The summed E-state index contributed by atoms with van der Waals surface area (Å²) in [5.41, 5.74) is 2.74. The highest BCUT2D eigenvalue weighted by Gasteiger charge is 2.42. The van der Waals surface area contributed by atoms with E-state index in [1.54, 1.807) is 28.7 Å². The van der Waals surface area contributed by atoms with Gasteiger partial charge in [-0.1, -0.05) is 12.1 Å². The van der Waals surface area contributed by atoms with Crippen LogP contribution in [0.1, 0.15) is 47.2 Å². The molecule has 3 aromatic rings. The summed E-state index contributed by atoms with van der Waals surface area (Å²) < 4.78 is 47.0. The molecule has 1 aliphatic rings. The van der Waals surface area contributed by atoms with Gasteiger partial charge in [-0.2, -0.15) is 13.2 Å². The highest BCUT2D eigenvalue weighted by molar-refractivity contribution is 7.80. The van der Waals surface area contributed by atoms with Gasteiger partial charge in [0.2, 0.25) is 0 Å². The second kappa shape index (κ2) is 9.69. The molecular weight excluding hydrogens is 477 g/mol. The van der Waals surface area contributed by atoms with Gasteiger partial charge >= 0.3 is 12.1 Å². The van der Waals surface area contributed by atoms with Crippen molar-refractivity contribution in [2.24, 2.45) is 0 Å². The molecule has 1 aliphatic heterocycles. The number of hydrogen-bond donors (Lipinski definition) is 1. The fraction of sp³-hybridized carbons (Fsp3) is 0.320. The van der Waals surface area contributed by atoms with E-state index >= 15 is 0 Å². The molecule has 2 unspecified atom stereocenters. The second-order valence-corrected chi connectivity index (χ2v) is 8.66. The summed E-state index contributed by atoms with van der Waals surface area (Å²) in [4.78, 5) is 18.6. The molecule has 0 aliphatic carbocycles. The SMILES string of the molecule is CCOC(=O)CN1C(=S)NC(c2ccccn2)C1c1cc(C)n(-c2cccc(C(F)(F)F)c2)c1C. The number of thiocarbonyl (C=S) groups is 1. The molecule has 1 aromatic carbocycles. The number of carbonyl (C=O) groups excluding carboxylic acids is 1. The van der Waals surface area contributed by atoms with Crippen LogP contribution in [0.5, 0.6) is 0 Å². The number of alkyl halides is 3. The molecular formula is C25H25F3N4O2S. The first-order valence-electron chi connectivity index (χ1n) is 11.1. The van der Waals surface area contributed by atoms with Crippen LogP contribution in [0.3, 0.4) is 0 Å². The van der Waals surface area contributed by atoms with Crippen LogP contribution < -0.4 is 5.32 Å². The second-order valence-electron chi connectivity index (χ2n) is 8.27. The number of benzene rings is 1. The number of pyridine rings is 1. The third kappa shape index (κ3) is 4.88. The van der Waals surface area contributed by atoms with Gasteiger partial charge in [-0.25, -0.2) is 0 Å². The molecule has 1 fully saturated rings. The third-order valence-corrected chi connectivity index (χ3v) is 6.38. The van der Waals surface area contributed by atoms with E-state index in [0.29, 0.717) is 10.8 Å². The molecule has 35 heavy (non-hydrogen) atoms. The summed E-state index contributed by atoms with van der Waals surface area (Å²) in [6.45, 7) is 5.59. The first kappa shape index (κ1) is 24.7.